The van der Waals surface area contributed by atoms with Crippen LogP contribution in [-0.4, -0.2) is 28.5 Å². The number of amides is 1. The van der Waals surface area contributed by atoms with E-state index in [-0.39, 0.29) is 11.2 Å². The van der Waals surface area contributed by atoms with Crippen LogP contribution in [0.2, 0.25) is 0 Å². The number of primary amides is 1. The van der Waals surface area contributed by atoms with Gasteiger partial charge in [-0.3, -0.25) is 4.79 Å². The van der Waals surface area contributed by atoms with E-state index < -0.39 is 0 Å². The van der Waals surface area contributed by atoms with Crippen molar-refractivity contribution in [2.75, 3.05) is 12.4 Å². The molecule has 2 rings (SSSR count). The molecule has 0 saturated carbocycles. The summed E-state index contributed by atoms with van der Waals surface area (Å²) in [4.78, 5) is 11.0. The average molecular weight is 310 g/mol. The van der Waals surface area contributed by atoms with Crippen molar-refractivity contribution in [1.82, 2.24) is 10.2 Å². The van der Waals surface area contributed by atoms with Crippen molar-refractivity contribution >= 4 is 39.8 Å². The molecule has 0 spiro atoms. The number of thioether (sulfide) groups is 1. The fourth-order valence-corrected chi connectivity index (χ4v) is 3.18. The van der Waals surface area contributed by atoms with E-state index in [0.29, 0.717) is 9.47 Å². The zero-order valence-corrected chi connectivity index (χ0v) is 12.6. The summed E-state index contributed by atoms with van der Waals surface area (Å²) in [5.41, 5.74) is 6.10. The van der Waals surface area contributed by atoms with Gasteiger partial charge in [0.2, 0.25) is 11.0 Å². The number of hydrogen-bond acceptors (Lipinski definition) is 7. The lowest BCUT2D eigenvalue weighted by Crippen LogP contribution is -2.22. The number of nitrogens with two attached hydrogens (primary N) is 1. The molecule has 0 fully saturated rings. The van der Waals surface area contributed by atoms with Crippen LogP contribution in [0.1, 0.15) is 6.92 Å². The lowest BCUT2D eigenvalue weighted by atomic mass is 10.3. The van der Waals surface area contributed by atoms with Crippen LogP contribution in [0.3, 0.4) is 0 Å². The summed E-state index contributed by atoms with van der Waals surface area (Å²) in [6.45, 7) is 1.74. The van der Waals surface area contributed by atoms with Gasteiger partial charge in [-0.15, -0.1) is 10.2 Å². The molecule has 0 unspecified atom stereocenters. The molecule has 2 aromatic rings. The summed E-state index contributed by atoms with van der Waals surface area (Å²) in [5, 5.41) is 11.5. The molecule has 1 atom stereocenters. The second kappa shape index (κ2) is 6.58. The maximum absolute atomic E-state index is 11.0. The number of rotatable bonds is 6. The van der Waals surface area contributed by atoms with Gasteiger partial charge in [0, 0.05) is 5.69 Å². The fraction of sp³-hybridized carbons (Fsp3) is 0.250. The molecule has 3 N–H and O–H groups in total. The summed E-state index contributed by atoms with van der Waals surface area (Å²) in [6, 6.07) is 7.49. The molecule has 1 aromatic carbocycles. The zero-order valence-electron chi connectivity index (χ0n) is 11.0. The van der Waals surface area contributed by atoms with Crippen LogP contribution in [0.25, 0.3) is 0 Å². The molecule has 0 aliphatic heterocycles. The molecule has 1 aromatic heterocycles. The van der Waals surface area contributed by atoms with Crippen LogP contribution in [0.5, 0.6) is 5.75 Å². The number of anilines is 2. The molecule has 6 nitrogen and oxygen atoms in total. The Balaban J connectivity index is 1.99. The summed E-state index contributed by atoms with van der Waals surface area (Å²) >= 11 is 2.67. The van der Waals surface area contributed by atoms with Crippen LogP contribution in [0.15, 0.2) is 28.6 Å². The lowest BCUT2D eigenvalue weighted by Gasteiger charge is -2.03. The average Bonchev–Trinajstić information content (AvgIpc) is 2.86. The van der Waals surface area contributed by atoms with Crippen LogP contribution in [0, 0.1) is 0 Å². The Bertz CT molecular complexity index is 585. The number of ether oxygens (including phenoxy) is 1. The highest BCUT2D eigenvalue weighted by Gasteiger charge is 2.14. The van der Waals surface area contributed by atoms with Gasteiger partial charge in [-0.05, 0) is 31.2 Å². The molecule has 1 heterocycles. The van der Waals surface area contributed by atoms with Gasteiger partial charge in [-0.2, -0.15) is 0 Å². The molecule has 8 heteroatoms. The number of carbonyl (C=O) groups is 1. The first kappa shape index (κ1) is 14.6. The maximum atomic E-state index is 11.0. The number of carbonyl (C=O) groups excluding carboxylic acids is 1. The predicted octanol–water partition coefficient (Wildman–Crippen LogP) is 2.26. The molecule has 0 aliphatic rings. The van der Waals surface area contributed by atoms with Crippen molar-refractivity contribution in [1.29, 1.82) is 0 Å². The third-order valence-corrected chi connectivity index (χ3v) is 4.47. The number of hydrogen-bond donors (Lipinski definition) is 2. The Morgan fingerprint density at radius 2 is 2.10 bits per heavy atom. The smallest absolute Gasteiger partial charge is 0.230 e. The SMILES string of the molecule is COc1ccc(Nc2nnc(S[C@@H](C)C(N)=O)s2)cc1. The number of benzene rings is 1. The Labute approximate surface area is 124 Å². The standard InChI is InChI=1S/C12H14N4O2S2/c1-7(10(13)17)19-12-16-15-11(20-12)14-8-3-5-9(18-2)6-4-8/h3-7H,1-2H3,(H2,13,17)(H,14,15)/t7-/m0/s1. The minimum atomic E-state index is -0.366. The van der Waals surface area contributed by atoms with E-state index in [4.69, 9.17) is 10.5 Å². The molecule has 106 valence electrons. The van der Waals surface area contributed by atoms with Gasteiger partial charge in [0.15, 0.2) is 4.34 Å². The number of nitrogens with zero attached hydrogens (tertiary/aromatic N) is 2. The van der Waals surface area contributed by atoms with Crippen molar-refractivity contribution in [3.8, 4) is 5.75 Å². The fourth-order valence-electron chi connectivity index (χ4n) is 1.32. The minimum absolute atomic E-state index is 0.322. The Morgan fingerprint density at radius 3 is 2.70 bits per heavy atom. The number of aromatic nitrogens is 2. The Hall–Kier alpha value is -1.80. The van der Waals surface area contributed by atoms with E-state index in [0.717, 1.165) is 11.4 Å². The highest BCUT2D eigenvalue weighted by Crippen LogP contribution is 2.30. The van der Waals surface area contributed by atoms with E-state index >= 15 is 0 Å². The van der Waals surface area contributed by atoms with Gasteiger partial charge < -0.3 is 15.8 Å². The number of nitrogens with one attached hydrogen (secondary N) is 1. The molecule has 0 saturated heterocycles. The first-order valence-corrected chi connectivity index (χ1v) is 7.48. The van der Waals surface area contributed by atoms with Crippen molar-refractivity contribution in [3.63, 3.8) is 0 Å². The van der Waals surface area contributed by atoms with Crippen molar-refractivity contribution in [3.05, 3.63) is 24.3 Å². The second-order valence-electron chi connectivity index (χ2n) is 3.89. The molecule has 1 amide bonds. The highest BCUT2D eigenvalue weighted by molar-refractivity contribution is 8.02. The van der Waals surface area contributed by atoms with Crippen molar-refractivity contribution in [2.45, 2.75) is 16.5 Å². The largest absolute Gasteiger partial charge is 0.497 e. The molecule has 0 bridgehead atoms. The van der Waals surface area contributed by atoms with Crippen LogP contribution < -0.4 is 15.8 Å². The minimum Gasteiger partial charge on any atom is -0.497 e. The van der Waals surface area contributed by atoms with E-state index in [1.54, 1.807) is 14.0 Å². The van der Waals surface area contributed by atoms with E-state index in [9.17, 15) is 4.79 Å². The number of methoxy groups -OCH3 is 1. The van der Waals surface area contributed by atoms with Crippen molar-refractivity contribution in [2.24, 2.45) is 5.73 Å². The molecular formula is C12H14N4O2S2. The Morgan fingerprint density at radius 1 is 1.40 bits per heavy atom. The molecule has 20 heavy (non-hydrogen) atoms. The highest BCUT2D eigenvalue weighted by atomic mass is 32.2. The zero-order chi connectivity index (χ0) is 14.5. The first-order valence-electron chi connectivity index (χ1n) is 5.79. The summed E-state index contributed by atoms with van der Waals surface area (Å²) in [5.74, 6) is 0.425. The van der Waals surface area contributed by atoms with Gasteiger partial charge in [-0.1, -0.05) is 23.1 Å². The van der Waals surface area contributed by atoms with Gasteiger partial charge in [0.05, 0.1) is 12.4 Å². The molecular weight excluding hydrogens is 296 g/mol. The third-order valence-electron chi connectivity index (χ3n) is 2.43. The molecule has 0 radical (unpaired) electrons. The van der Waals surface area contributed by atoms with Crippen LogP contribution in [0.4, 0.5) is 10.8 Å². The summed E-state index contributed by atoms with van der Waals surface area (Å²) in [6.07, 6.45) is 0. The van der Waals surface area contributed by atoms with E-state index in [1.807, 2.05) is 24.3 Å². The van der Waals surface area contributed by atoms with Gasteiger partial charge in [-0.25, -0.2) is 0 Å². The normalized spacial score (nSPS) is 11.9. The predicted molar refractivity (Wildman–Crippen MR) is 80.7 cm³/mol. The molecule has 0 aliphatic carbocycles. The van der Waals surface area contributed by atoms with E-state index in [2.05, 4.69) is 15.5 Å². The lowest BCUT2D eigenvalue weighted by molar-refractivity contribution is -0.117. The topological polar surface area (TPSA) is 90.1 Å². The quantitative estimate of drug-likeness (QED) is 0.795. The summed E-state index contributed by atoms with van der Waals surface area (Å²) in [7, 11) is 1.62. The van der Waals surface area contributed by atoms with E-state index in [1.165, 1.54) is 23.1 Å². The maximum Gasteiger partial charge on any atom is 0.230 e. The summed E-state index contributed by atoms with van der Waals surface area (Å²) < 4.78 is 5.79. The van der Waals surface area contributed by atoms with Crippen LogP contribution in [-0.2, 0) is 4.79 Å². The monoisotopic (exact) mass is 310 g/mol. The van der Waals surface area contributed by atoms with Gasteiger partial charge in [0.25, 0.3) is 0 Å². The first-order chi connectivity index (χ1) is 9.58. The Kier molecular flexibility index (Phi) is 4.80. The second-order valence-corrected chi connectivity index (χ2v) is 6.45. The third kappa shape index (κ3) is 3.84. The van der Waals surface area contributed by atoms with Gasteiger partial charge in [0.1, 0.15) is 5.75 Å². The van der Waals surface area contributed by atoms with Gasteiger partial charge >= 0.3 is 0 Å². The van der Waals surface area contributed by atoms with Crippen LogP contribution >= 0.6 is 23.1 Å². The van der Waals surface area contributed by atoms with Crippen molar-refractivity contribution < 1.29 is 9.53 Å².